The van der Waals surface area contributed by atoms with Gasteiger partial charge in [-0.1, -0.05) is 20.8 Å². The van der Waals surface area contributed by atoms with Crippen molar-refractivity contribution in [2.45, 2.75) is 52.6 Å². The molecule has 0 aromatic carbocycles. The van der Waals surface area contributed by atoms with E-state index in [0.29, 0.717) is 25.1 Å². The van der Waals surface area contributed by atoms with Gasteiger partial charge in [0.15, 0.2) is 0 Å². The first kappa shape index (κ1) is 18.0. The predicted molar refractivity (Wildman–Crippen MR) is 86.3 cm³/mol. The fourth-order valence-electron chi connectivity index (χ4n) is 2.77. The van der Waals surface area contributed by atoms with Crippen LogP contribution < -0.4 is 5.32 Å². The summed E-state index contributed by atoms with van der Waals surface area (Å²) in [6.07, 6.45) is 1.84. The average Bonchev–Trinajstić information content (AvgIpc) is 3.12. The molecule has 0 aliphatic carbocycles. The first-order valence-corrected chi connectivity index (χ1v) is 8.06. The van der Waals surface area contributed by atoms with Gasteiger partial charge in [-0.15, -0.1) is 0 Å². The molecule has 7 heteroatoms. The van der Waals surface area contributed by atoms with Crippen LogP contribution in [-0.2, 0) is 16.1 Å². The second kappa shape index (κ2) is 7.07. The minimum absolute atomic E-state index is 0.00804. The van der Waals surface area contributed by atoms with Crippen LogP contribution in [0, 0.1) is 5.41 Å². The molecule has 7 nitrogen and oxygen atoms in total. The minimum Gasteiger partial charge on any atom is -0.475 e. The fraction of sp³-hybridized carbons (Fsp3) is 0.588. The van der Waals surface area contributed by atoms with Crippen LogP contribution >= 0.6 is 0 Å². The van der Waals surface area contributed by atoms with Crippen LogP contribution in [-0.4, -0.2) is 40.4 Å². The summed E-state index contributed by atoms with van der Waals surface area (Å²) in [7, 11) is 0. The molecule has 1 aliphatic rings. The van der Waals surface area contributed by atoms with E-state index < -0.39 is 12.0 Å². The third-order valence-electron chi connectivity index (χ3n) is 3.87. The Morgan fingerprint density at radius 2 is 2.04 bits per heavy atom. The maximum Gasteiger partial charge on any atom is 0.371 e. The molecule has 1 atom stereocenters. The Morgan fingerprint density at radius 3 is 2.62 bits per heavy atom. The van der Waals surface area contributed by atoms with Gasteiger partial charge in [-0.2, -0.15) is 0 Å². The molecule has 0 unspecified atom stereocenters. The summed E-state index contributed by atoms with van der Waals surface area (Å²) in [5.41, 5.74) is -0.123. The van der Waals surface area contributed by atoms with Crippen LogP contribution in [0.3, 0.4) is 0 Å². The standard InChI is InChI=1S/C17H24N2O5/c1-17(2,3)9-14(20)19-8-4-5-12(19)15(21)18-10-11-6-7-13(24-11)16(22)23/h6-7,12H,4-5,8-10H2,1-3H3,(H,18,21)(H,22,23)/t12-/m1/s1. The normalized spacial score (nSPS) is 17.8. The average molecular weight is 336 g/mol. The third-order valence-corrected chi connectivity index (χ3v) is 3.87. The molecule has 1 saturated heterocycles. The second-order valence-corrected chi connectivity index (χ2v) is 7.27. The number of amides is 2. The lowest BCUT2D eigenvalue weighted by Gasteiger charge is -2.27. The number of furan rings is 1. The highest BCUT2D eigenvalue weighted by atomic mass is 16.4. The maximum absolute atomic E-state index is 12.4. The van der Waals surface area contributed by atoms with Crippen molar-refractivity contribution in [1.29, 1.82) is 0 Å². The van der Waals surface area contributed by atoms with Crippen LogP contribution in [0.5, 0.6) is 0 Å². The van der Waals surface area contributed by atoms with Gasteiger partial charge in [0.05, 0.1) is 6.54 Å². The third kappa shape index (κ3) is 4.59. The van der Waals surface area contributed by atoms with Gasteiger partial charge in [0.1, 0.15) is 11.8 Å². The van der Waals surface area contributed by atoms with Crippen LogP contribution in [0.1, 0.15) is 56.3 Å². The SMILES string of the molecule is CC(C)(C)CC(=O)N1CCC[C@@H]1C(=O)NCc1ccc(C(=O)O)o1. The highest BCUT2D eigenvalue weighted by Gasteiger charge is 2.35. The Hall–Kier alpha value is -2.31. The molecule has 2 heterocycles. The monoisotopic (exact) mass is 336 g/mol. The lowest BCUT2D eigenvalue weighted by molar-refractivity contribution is -0.139. The molecule has 2 amide bonds. The zero-order valence-electron chi connectivity index (χ0n) is 14.3. The summed E-state index contributed by atoms with van der Waals surface area (Å²) >= 11 is 0. The largest absolute Gasteiger partial charge is 0.475 e. The number of carbonyl (C=O) groups excluding carboxylic acids is 2. The van der Waals surface area contributed by atoms with Crippen LogP contribution in [0.2, 0.25) is 0 Å². The molecule has 0 bridgehead atoms. The van der Waals surface area contributed by atoms with E-state index in [4.69, 9.17) is 9.52 Å². The predicted octanol–water partition coefficient (Wildman–Crippen LogP) is 2.02. The molecule has 24 heavy (non-hydrogen) atoms. The van der Waals surface area contributed by atoms with Crippen LogP contribution in [0.4, 0.5) is 0 Å². The van der Waals surface area contributed by atoms with Gasteiger partial charge >= 0.3 is 5.97 Å². The molecule has 1 aliphatic heterocycles. The van der Waals surface area contributed by atoms with Crippen molar-refractivity contribution >= 4 is 17.8 Å². The second-order valence-electron chi connectivity index (χ2n) is 7.27. The topological polar surface area (TPSA) is 99.9 Å². The Balaban J connectivity index is 1.92. The van der Waals surface area contributed by atoms with E-state index in [1.54, 1.807) is 4.90 Å². The van der Waals surface area contributed by atoms with Crippen molar-refractivity contribution in [2.75, 3.05) is 6.54 Å². The Morgan fingerprint density at radius 1 is 1.33 bits per heavy atom. The zero-order valence-corrected chi connectivity index (χ0v) is 14.3. The van der Waals surface area contributed by atoms with Gasteiger partial charge < -0.3 is 19.7 Å². The molecular formula is C17H24N2O5. The Kier molecular flexibility index (Phi) is 5.31. The quantitative estimate of drug-likeness (QED) is 0.857. The number of hydrogen-bond acceptors (Lipinski definition) is 4. The first-order valence-electron chi connectivity index (χ1n) is 8.06. The number of carbonyl (C=O) groups is 3. The summed E-state index contributed by atoms with van der Waals surface area (Å²) in [4.78, 5) is 37.2. The summed E-state index contributed by atoms with van der Waals surface area (Å²) in [6, 6.07) is 2.40. The number of carboxylic acid groups (broad SMARTS) is 1. The van der Waals surface area contributed by atoms with E-state index >= 15 is 0 Å². The van der Waals surface area contributed by atoms with Gasteiger partial charge in [-0.25, -0.2) is 4.79 Å². The fourth-order valence-corrected chi connectivity index (χ4v) is 2.77. The smallest absolute Gasteiger partial charge is 0.371 e. The summed E-state index contributed by atoms with van der Waals surface area (Å²) in [6.45, 7) is 6.67. The van der Waals surface area contributed by atoms with E-state index in [-0.39, 0.29) is 29.5 Å². The molecule has 0 spiro atoms. The van der Waals surface area contributed by atoms with Gasteiger partial charge in [0.25, 0.3) is 0 Å². The van der Waals surface area contributed by atoms with E-state index in [2.05, 4.69) is 5.32 Å². The maximum atomic E-state index is 12.4. The lowest BCUT2D eigenvalue weighted by Crippen LogP contribution is -2.46. The summed E-state index contributed by atoms with van der Waals surface area (Å²) in [5.74, 6) is -1.19. The summed E-state index contributed by atoms with van der Waals surface area (Å²) in [5, 5.41) is 11.5. The number of rotatable bonds is 5. The number of carboxylic acids is 1. The van der Waals surface area contributed by atoms with E-state index in [0.717, 1.165) is 6.42 Å². The molecule has 2 N–H and O–H groups in total. The number of aromatic carboxylic acids is 1. The van der Waals surface area contributed by atoms with Crippen molar-refractivity contribution in [3.05, 3.63) is 23.7 Å². The highest BCUT2D eigenvalue weighted by Crippen LogP contribution is 2.25. The number of nitrogens with zero attached hydrogens (tertiary/aromatic N) is 1. The first-order chi connectivity index (χ1) is 11.2. The van der Waals surface area contributed by atoms with Gasteiger partial charge in [-0.3, -0.25) is 9.59 Å². The van der Waals surface area contributed by atoms with Crippen LogP contribution in [0.15, 0.2) is 16.5 Å². The molecule has 1 aromatic heterocycles. The van der Waals surface area contributed by atoms with Gasteiger partial charge in [0.2, 0.25) is 17.6 Å². The number of likely N-dealkylation sites (tertiary alicyclic amines) is 1. The van der Waals surface area contributed by atoms with E-state index in [9.17, 15) is 14.4 Å². The van der Waals surface area contributed by atoms with Crippen molar-refractivity contribution in [3.63, 3.8) is 0 Å². The highest BCUT2D eigenvalue weighted by molar-refractivity contribution is 5.88. The molecule has 2 rings (SSSR count). The molecular weight excluding hydrogens is 312 g/mol. The number of hydrogen-bond donors (Lipinski definition) is 2. The Bertz CT molecular complexity index is 629. The van der Waals surface area contributed by atoms with Crippen molar-refractivity contribution in [2.24, 2.45) is 5.41 Å². The van der Waals surface area contributed by atoms with Crippen molar-refractivity contribution in [3.8, 4) is 0 Å². The summed E-state index contributed by atoms with van der Waals surface area (Å²) < 4.78 is 5.10. The van der Waals surface area contributed by atoms with E-state index in [1.165, 1.54) is 12.1 Å². The minimum atomic E-state index is -1.15. The van der Waals surface area contributed by atoms with Crippen LogP contribution in [0.25, 0.3) is 0 Å². The zero-order chi connectivity index (χ0) is 17.9. The number of nitrogens with one attached hydrogen (secondary N) is 1. The van der Waals surface area contributed by atoms with Gasteiger partial charge in [-0.05, 0) is 30.4 Å². The van der Waals surface area contributed by atoms with E-state index in [1.807, 2.05) is 20.8 Å². The Labute approximate surface area is 141 Å². The molecule has 0 radical (unpaired) electrons. The molecule has 1 aromatic rings. The van der Waals surface area contributed by atoms with Gasteiger partial charge in [0, 0.05) is 13.0 Å². The van der Waals surface area contributed by atoms with Crippen molar-refractivity contribution < 1.29 is 23.9 Å². The molecule has 0 saturated carbocycles. The molecule has 1 fully saturated rings. The lowest BCUT2D eigenvalue weighted by atomic mass is 9.91. The molecule has 132 valence electrons. The van der Waals surface area contributed by atoms with Crippen molar-refractivity contribution in [1.82, 2.24) is 10.2 Å².